The van der Waals surface area contributed by atoms with Gasteiger partial charge in [-0.25, -0.2) is 4.98 Å². The summed E-state index contributed by atoms with van der Waals surface area (Å²) < 4.78 is 6.82. The number of ether oxygens (including phenoxy) is 1. The third-order valence-electron chi connectivity index (χ3n) is 5.55. The van der Waals surface area contributed by atoms with E-state index in [2.05, 4.69) is 34.6 Å². The maximum atomic E-state index is 12.9. The van der Waals surface area contributed by atoms with E-state index >= 15 is 0 Å². The van der Waals surface area contributed by atoms with Crippen molar-refractivity contribution in [2.45, 2.75) is 19.5 Å². The van der Waals surface area contributed by atoms with Crippen LogP contribution in [-0.2, 0) is 16.1 Å². The molecule has 1 amide bonds. The Kier molecular flexibility index (Phi) is 6.21. The molecular weight excluding hydrogens is 380 g/mol. The molecule has 1 aliphatic rings. The molecule has 0 bridgehead atoms. The average Bonchev–Trinajstić information content (AvgIpc) is 2.77. The van der Waals surface area contributed by atoms with Crippen molar-refractivity contribution < 1.29 is 14.4 Å². The number of morpholine rings is 1. The number of para-hydroxylation sites is 1. The van der Waals surface area contributed by atoms with Crippen LogP contribution in [0.3, 0.4) is 0 Å². The second-order valence-electron chi connectivity index (χ2n) is 7.79. The second kappa shape index (κ2) is 9.19. The Balaban J connectivity index is 1.51. The summed E-state index contributed by atoms with van der Waals surface area (Å²) in [5, 5.41) is 3.65. The molecule has 3 aromatic rings. The maximum Gasteiger partial charge on any atom is 0.261 e. The third-order valence-corrected chi connectivity index (χ3v) is 5.55. The van der Waals surface area contributed by atoms with Gasteiger partial charge in [-0.05, 0) is 24.6 Å². The molecule has 1 saturated heterocycles. The number of rotatable bonds is 6. The zero-order chi connectivity index (χ0) is 20.9. The molecule has 30 heavy (non-hydrogen) atoms. The van der Waals surface area contributed by atoms with Gasteiger partial charge in [0.2, 0.25) is 5.91 Å². The van der Waals surface area contributed by atoms with Gasteiger partial charge in [-0.2, -0.15) is 0 Å². The fraction of sp³-hybridized carbons (Fsp3) is 0.348. The fourth-order valence-electron chi connectivity index (χ4n) is 3.82. The van der Waals surface area contributed by atoms with Crippen LogP contribution in [0, 0.1) is 6.92 Å². The zero-order valence-electron chi connectivity index (χ0n) is 17.1. The van der Waals surface area contributed by atoms with E-state index in [1.54, 1.807) is 18.2 Å². The van der Waals surface area contributed by atoms with E-state index in [9.17, 15) is 9.59 Å². The molecule has 1 aliphatic heterocycles. The number of nitrogens with zero attached hydrogens (tertiary/aromatic N) is 2. The molecule has 0 spiro atoms. The lowest BCUT2D eigenvalue weighted by Crippen LogP contribution is -3.14. The molecule has 1 atom stereocenters. The van der Waals surface area contributed by atoms with Gasteiger partial charge in [0.25, 0.3) is 5.56 Å². The number of benzene rings is 2. The van der Waals surface area contributed by atoms with Crippen molar-refractivity contribution in [2.75, 3.05) is 32.8 Å². The summed E-state index contributed by atoms with van der Waals surface area (Å²) in [4.78, 5) is 31.3. The molecule has 2 aromatic carbocycles. The molecule has 2 heterocycles. The number of hydrogen-bond donors (Lipinski definition) is 2. The van der Waals surface area contributed by atoms with E-state index in [4.69, 9.17) is 4.74 Å². The lowest BCUT2D eigenvalue weighted by atomic mass is 10.0. The first-order valence-corrected chi connectivity index (χ1v) is 10.3. The van der Waals surface area contributed by atoms with Gasteiger partial charge in [-0.3, -0.25) is 14.2 Å². The van der Waals surface area contributed by atoms with Gasteiger partial charge in [0.05, 0.1) is 30.4 Å². The molecule has 2 N–H and O–H groups in total. The minimum Gasteiger partial charge on any atom is -0.370 e. The summed E-state index contributed by atoms with van der Waals surface area (Å²) in [7, 11) is 0. The number of carbonyl (C=O) groups excluding carboxylic acids is 1. The van der Waals surface area contributed by atoms with Crippen LogP contribution in [0.15, 0.2) is 59.7 Å². The predicted octanol–water partition coefficient (Wildman–Crippen LogP) is 0.478. The van der Waals surface area contributed by atoms with Crippen LogP contribution in [0.4, 0.5) is 0 Å². The molecule has 0 radical (unpaired) electrons. The number of aryl methyl sites for hydroxylation is 1. The monoisotopic (exact) mass is 407 g/mol. The highest BCUT2D eigenvalue weighted by Gasteiger charge is 2.23. The largest absolute Gasteiger partial charge is 0.370 e. The molecule has 0 saturated carbocycles. The molecule has 1 fully saturated rings. The minimum absolute atomic E-state index is 0.0581. The highest BCUT2D eigenvalue weighted by atomic mass is 16.5. The first-order chi connectivity index (χ1) is 14.6. The highest BCUT2D eigenvalue weighted by molar-refractivity contribution is 5.79. The number of aromatic nitrogens is 2. The van der Waals surface area contributed by atoms with E-state index in [0.29, 0.717) is 10.9 Å². The van der Waals surface area contributed by atoms with Gasteiger partial charge < -0.3 is 15.0 Å². The van der Waals surface area contributed by atoms with E-state index < -0.39 is 0 Å². The maximum absolute atomic E-state index is 12.9. The third kappa shape index (κ3) is 4.75. The molecule has 7 nitrogen and oxygen atoms in total. The summed E-state index contributed by atoms with van der Waals surface area (Å²) in [5.74, 6) is -0.201. The van der Waals surface area contributed by atoms with Gasteiger partial charge in [0.15, 0.2) is 0 Å². The van der Waals surface area contributed by atoms with Gasteiger partial charge in [-0.1, -0.05) is 42.0 Å². The number of quaternary nitrogens is 1. The van der Waals surface area contributed by atoms with Crippen molar-refractivity contribution in [3.63, 3.8) is 0 Å². The van der Waals surface area contributed by atoms with Crippen molar-refractivity contribution in [3.8, 4) is 0 Å². The van der Waals surface area contributed by atoms with Crippen molar-refractivity contribution in [3.05, 3.63) is 76.3 Å². The predicted molar refractivity (Wildman–Crippen MR) is 114 cm³/mol. The molecule has 1 aromatic heterocycles. The Morgan fingerprint density at radius 2 is 1.90 bits per heavy atom. The molecule has 7 heteroatoms. The smallest absolute Gasteiger partial charge is 0.261 e. The molecule has 0 aliphatic carbocycles. The van der Waals surface area contributed by atoms with Crippen molar-refractivity contribution >= 4 is 16.8 Å². The zero-order valence-corrected chi connectivity index (χ0v) is 17.1. The lowest BCUT2D eigenvalue weighted by Gasteiger charge is -2.28. The number of carbonyl (C=O) groups is 1. The van der Waals surface area contributed by atoms with Gasteiger partial charge >= 0.3 is 0 Å². The summed E-state index contributed by atoms with van der Waals surface area (Å²) in [6, 6.07) is 15.3. The van der Waals surface area contributed by atoms with Gasteiger partial charge in [0.1, 0.15) is 32.2 Å². The number of hydrogen-bond acceptors (Lipinski definition) is 4. The van der Waals surface area contributed by atoms with Crippen LogP contribution < -0.4 is 15.8 Å². The Morgan fingerprint density at radius 3 is 2.67 bits per heavy atom. The van der Waals surface area contributed by atoms with Crippen molar-refractivity contribution in [2.24, 2.45) is 0 Å². The summed E-state index contributed by atoms with van der Waals surface area (Å²) in [6.45, 7) is 6.09. The standard InChI is InChI=1S/C23H26N4O3/c1-17-6-8-18(9-7-17)21(14-26-10-12-30-13-11-26)25-22(28)15-27-16-24-20-5-3-2-4-19(20)23(27)29/h2-9,16,21H,10-15H2,1H3,(H,25,28)/p+1/t21-/m0/s1. The van der Waals surface area contributed by atoms with Crippen LogP contribution in [0.2, 0.25) is 0 Å². The van der Waals surface area contributed by atoms with Crippen LogP contribution in [0.25, 0.3) is 10.9 Å². The van der Waals surface area contributed by atoms with Crippen molar-refractivity contribution in [1.82, 2.24) is 14.9 Å². The first-order valence-electron chi connectivity index (χ1n) is 10.3. The van der Waals surface area contributed by atoms with Crippen molar-refractivity contribution in [1.29, 1.82) is 0 Å². The second-order valence-corrected chi connectivity index (χ2v) is 7.79. The SMILES string of the molecule is Cc1ccc([C@H](C[NH+]2CCOCC2)NC(=O)Cn2cnc3ccccc3c2=O)cc1. The minimum atomic E-state index is -0.207. The number of amides is 1. The van der Waals surface area contributed by atoms with Crippen LogP contribution >= 0.6 is 0 Å². The highest BCUT2D eigenvalue weighted by Crippen LogP contribution is 2.13. The van der Waals surface area contributed by atoms with E-state index in [1.807, 2.05) is 13.0 Å². The summed E-state index contributed by atoms with van der Waals surface area (Å²) in [6.07, 6.45) is 1.44. The lowest BCUT2D eigenvalue weighted by molar-refractivity contribution is -0.909. The quantitative estimate of drug-likeness (QED) is 0.623. The molecule has 156 valence electrons. The Labute approximate surface area is 175 Å². The van der Waals surface area contributed by atoms with E-state index in [-0.39, 0.29) is 24.1 Å². The van der Waals surface area contributed by atoms with E-state index in [1.165, 1.54) is 21.4 Å². The summed E-state index contributed by atoms with van der Waals surface area (Å²) >= 11 is 0. The average molecular weight is 407 g/mol. The Morgan fingerprint density at radius 1 is 1.17 bits per heavy atom. The number of fused-ring (bicyclic) bond motifs is 1. The Bertz CT molecular complexity index is 1070. The van der Waals surface area contributed by atoms with Crippen LogP contribution in [0.5, 0.6) is 0 Å². The molecular formula is C23H27N4O3+. The normalized spacial score (nSPS) is 15.8. The van der Waals surface area contributed by atoms with Crippen LogP contribution in [-0.4, -0.2) is 48.3 Å². The topological polar surface area (TPSA) is 77.7 Å². The first kappa shape index (κ1) is 20.3. The Hall–Kier alpha value is -3.03. The van der Waals surface area contributed by atoms with Gasteiger partial charge in [-0.15, -0.1) is 0 Å². The van der Waals surface area contributed by atoms with Crippen LogP contribution in [0.1, 0.15) is 17.2 Å². The van der Waals surface area contributed by atoms with Gasteiger partial charge in [0, 0.05) is 0 Å². The molecule has 4 rings (SSSR count). The summed E-state index contributed by atoms with van der Waals surface area (Å²) in [5.41, 5.74) is 2.67. The fourth-order valence-corrected chi connectivity index (χ4v) is 3.82. The molecule has 0 unspecified atom stereocenters. The van der Waals surface area contributed by atoms with E-state index in [0.717, 1.165) is 38.4 Å². The number of nitrogens with one attached hydrogen (secondary N) is 2.